The van der Waals surface area contributed by atoms with E-state index in [4.69, 9.17) is 5.73 Å². The van der Waals surface area contributed by atoms with Crippen LogP contribution >= 0.6 is 0 Å². The molecule has 2 amide bonds. The predicted molar refractivity (Wildman–Crippen MR) is 78.3 cm³/mol. The van der Waals surface area contributed by atoms with Gasteiger partial charge in [0.1, 0.15) is 12.0 Å². The van der Waals surface area contributed by atoms with Crippen LogP contribution in [-0.4, -0.2) is 30.6 Å². The van der Waals surface area contributed by atoms with Crippen LogP contribution in [0.15, 0.2) is 24.3 Å². The van der Waals surface area contributed by atoms with E-state index in [9.17, 15) is 22.8 Å². The third-order valence-electron chi connectivity index (χ3n) is 3.78. The molecule has 0 radical (unpaired) electrons. The van der Waals surface area contributed by atoms with Crippen molar-refractivity contribution in [2.75, 3.05) is 12.3 Å². The summed E-state index contributed by atoms with van der Waals surface area (Å²) >= 11 is 0. The number of carbonyl (C=O) groups is 2. The summed E-state index contributed by atoms with van der Waals surface area (Å²) < 4.78 is 37.6. The minimum Gasteiger partial charge on any atom is -0.399 e. The lowest BCUT2D eigenvalue weighted by atomic mass is 9.93. The van der Waals surface area contributed by atoms with E-state index in [0.717, 1.165) is 5.56 Å². The highest BCUT2D eigenvalue weighted by Crippen LogP contribution is 2.28. The van der Waals surface area contributed by atoms with Crippen molar-refractivity contribution in [1.29, 1.82) is 0 Å². The first-order valence-corrected chi connectivity index (χ1v) is 7.26. The molecule has 23 heavy (non-hydrogen) atoms. The smallest absolute Gasteiger partial charge is 0.399 e. The molecule has 2 rings (SSSR count). The Morgan fingerprint density at radius 1 is 1.26 bits per heavy atom. The van der Waals surface area contributed by atoms with Gasteiger partial charge in [-0.3, -0.25) is 9.59 Å². The average Bonchev–Trinajstić information content (AvgIpc) is 2.48. The van der Waals surface area contributed by atoms with E-state index in [1.807, 2.05) is 17.4 Å². The molecule has 1 aromatic carbocycles. The standard InChI is InChI=1S/C15H18F3N3O2/c16-15(17,18)12-6-5-11(14(23)21-12)13(22)20-8-7-9-1-3-10(19)4-2-9/h1-4,11-12H,5-8,19H2,(H,20,22)(H,21,23). The molecule has 1 aromatic rings. The van der Waals surface area contributed by atoms with E-state index >= 15 is 0 Å². The van der Waals surface area contributed by atoms with Gasteiger partial charge >= 0.3 is 6.18 Å². The Kier molecular flexibility index (Phi) is 5.12. The van der Waals surface area contributed by atoms with Gasteiger partial charge in [0.2, 0.25) is 11.8 Å². The summed E-state index contributed by atoms with van der Waals surface area (Å²) in [6, 6.07) is 5.26. The Labute approximate surface area is 131 Å². The molecule has 126 valence electrons. The van der Waals surface area contributed by atoms with Gasteiger partial charge in [-0.2, -0.15) is 13.2 Å². The highest BCUT2D eigenvalue weighted by molar-refractivity contribution is 6.00. The van der Waals surface area contributed by atoms with Crippen LogP contribution in [0.25, 0.3) is 0 Å². The summed E-state index contributed by atoms with van der Waals surface area (Å²) in [5, 5.41) is 4.45. The second-order valence-corrected chi connectivity index (χ2v) is 5.52. The van der Waals surface area contributed by atoms with E-state index in [0.29, 0.717) is 18.7 Å². The third-order valence-corrected chi connectivity index (χ3v) is 3.78. The molecule has 0 spiro atoms. The van der Waals surface area contributed by atoms with Crippen LogP contribution in [0.3, 0.4) is 0 Å². The van der Waals surface area contributed by atoms with E-state index in [1.54, 1.807) is 12.1 Å². The number of alkyl halides is 3. The van der Waals surface area contributed by atoms with E-state index < -0.39 is 30.0 Å². The van der Waals surface area contributed by atoms with Crippen LogP contribution in [0, 0.1) is 5.92 Å². The van der Waals surface area contributed by atoms with Gasteiger partial charge < -0.3 is 16.4 Å². The zero-order valence-corrected chi connectivity index (χ0v) is 12.3. The average molecular weight is 329 g/mol. The third kappa shape index (κ3) is 4.61. The van der Waals surface area contributed by atoms with Gasteiger partial charge in [-0.1, -0.05) is 12.1 Å². The summed E-state index contributed by atoms with van der Waals surface area (Å²) in [7, 11) is 0. The van der Waals surface area contributed by atoms with Crippen molar-refractivity contribution < 1.29 is 22.8 Å². The maximum absolute atomic E-state index is 12.5. The normalized spacial score (nSPS) is 21.6. The second-order valence-electron chi connectivity index (χ2n) is 5.52. The lowest BCUT2D eigenvalue weighted by molar-refractivity contribution is -0.171. The molecule has 1 fully saturated rings. The molecule has 1 aliphatic rings. The first kappa shape index (κ1) is 17.1. The molecule has 1 heterocycles. The topological polar surface area (TPSA) is 84.2 Å². The zero-order chi connectivity index (χ0) is 17.0. The first-order chi connectivity index (χ1) is 10.8. The Morgan fingerprint density at radius 3 is 2.48 bits per heavy atom. The zero-order valence-electron chi connectivity index (χ0n) is 12.3. The van der Waals surface area contributed by atoms with E-state index in [1.165, 1.54) is 0 Å². The lowest BCUT2D eigenvalue weighted by Crippen LogP contribution is -2.54. The first-order valence-electron chi connectivity index (χ1n) is 7.26. The fourth-order valence-corrected chi connectivity index (χ4v) is 2.44. The highest BCUT2D eigenvalue weighted by atomic mass is 19.4. The molecule has 2 atom stereocenters. The molecule has 1 aliphatic heterocycles. The number of hydrogen-bond acceptors (Lipinski definition) is 3. The summed E-state index contributed by atoms with van der Waals surface area (Å²) in [6.07, 6.45) is -4.33. The number of amides is 2. The largest absolute Gasteiger partial charge is 0.408 e. The molecule has 8 heteroatoms. The molecular formula is C15H18F3N3O2. The van der Waals surface area contributed by atoms with Crippen LogP contribution in [0.2, 0.25) is 0 Å². The van der Waals surface area contributed by atoms with Crippen molar-refractivity contribution in [1.82, 2.24) is 10.6 Å². The number of nitrogens with two attached hydrogens (primary N) is 1. The van der Waals surface area contributed by atoms with Crippen LogP contribution in [0.4, 0.5) is 18.9 Å². The Balaban J connectivity index is 1.80. The number of halogens is 3. The molecule has 2 unspecified atom stereocenters. The Morgan fingerprint density at radius 2 is 1.91 bits per heavy atom. The number of rotatable bonds is 4. The number of carbonyl (C=O) groups excluding carboxylic acids is 2. The Bertz CT molecular complexity index is 572. The molecule has 0 bridgehead atoms. The van der Waals surface area contributed by atoms with Gasteiger partial charge in [0, 0.05) is 12.2 Å². The number of nitrogens with one attached hydrogen (secondary N) is 2. The van der Waals surface area contributed by atoms with Gasteiger partial charge in [-0.25, -0.2) is 0 Å². The van der Waals surface area contributed by atoms with Gasteiger partial charge in [0.15, 0.2) is 0 Å². The minimum atomic E-state index is -4.48. The van der Waals surface area contributed by atoms with Crippen molar-refractivity contribution in [2.24, 2.45) is 5.92 Å². The predicted octanol–water partition coefficient (Wildman–Crippen LogP) is 1.38. The van der Waals surface area contributed by atoms with E-state index in [-0.39, 0.29) is 12.8 Å². The number of piperidine rings is 1. The molecule has 1 saturated heterocycles. The SMILES string of the molecule is Nc1ccc(CCNC(=O)C2CCC(C(F)(F)F)NC2=O)cc1. The molecular weight excluding hydrogens is 311 g/mol. The quantitative estimate of drug-likeness (QED) is 0.576. The number of benzene rings is 1. The minimum absolute atomic E-state index is 0.107. The van der Waals surface area contributed by atoms with Crippen molar-refractivity contribution in [2.45, 2.75) is 31.5 Å². The molecule has 0 aromatic heterocycles. The summed E-state index contributed by atoms with van der Waals surface area (Å²) in [6.45, 7) is 0.301. The van der Waals surface area contributed by atoms with Gasteiger partial charge in [0.05, 0.1) is 0 Å². The van der Waals surface area contributed by atoms with Gasteiger partial charge in [0.25, 0.3) is 0 Å². The van der Waals surface area contributed by atoms with Crippen LogP contribution in [0.1, 0.15) is 18.4 Å². The van der Waals surface area contributed by atoms with E-state index in [2.05, 4.69) is 5.32 Å². The molecule has 0 saturated carbocycles. The Hall–Kier alpha value is -2.25. The van der Waals surface area contributed by atoms with Crippen LogP contribution in [-0.2, 0) is 16.0 Å². The van der Waals surface area contributed by atoms with Crippen molar-refractivity contribution in [3.05, 3.63) is 29.8 Å². The summed E-state index contributed by atoms with van der Waals surface area (Å²) in [4.78, 5) is 23.6. The maximum atomic E-state index is 12.5. The van der Waals surface area contributed by atoms with Gasteiger partial charge in [-0.05, 0) is 37.0 Å². The maximum Gasteiger partial charge on any atom is 0.408 e. The number of nitrogen functional groups attached to an aromatic ring is 1. The molecule has 4 N–H and O–H groups in total. The molecule has 0 aliphatic carbocycles. The lowest BCUT2D eigenvalue weighted by Gasteiger charge is -2.29. The fraction of sp³-hybridized carbons (Fsp3) is 0.467. The van der Waals surface area contributed by atoms with Crippen molar-refractivity contribution >= 4 is 17.5 Å². The summed E-state index contributed by atoms with van der Waals surface area (Å²) in [5.41, 5.74) is 7.16. The second kappa shape index (κ2) is 6.89. The molecule has 5 nitrogen and oxygen atoms in total. The highest BCUT2D eigenvalue weighted by Gasteiger charge is 2.45. The monoisotopic (exact) mass is 329 g/mol. The number of anilines is 1. The van der Waals surface area contributed by atoms with Gasteiger partial charge in [-0.15, -0.1) is 0 Å². The van der Waals surface area contributed by atoms with Crippen LogP contribution in [0.5, 0.6) is 0 Å². The fourth-order valence-electron chi connectivity index (χ4n) is 2.44. The van der Waals surface area contributed by atoms with Crippen molar-refractivity contribution in [3.8, 4) is 0 Å². The summed E-state index contributed by atoms with van der Waals surface area (Å²) in [5.74, 6) is -2.48. The van der Waals surface area contributed by atoms with Crippen molar-refractivity contribution in [3.63, 3.8) is 0 Å². The number of hydrogen-bond donors (Lipinski definition) is 3. The van der Waals surface area contributed by atoms with Crippen LogP contribution < -0.4 is 16.4 Å².